The Balaban J connectivity index is 2.60. The first-order valence-electron chi connectivity index (χ1n) is 4.80. The first-order valence-corrected chi connectivity index (χ1v) is 5.78. The molecule has 1 aromatic rings. The molecule has 0 atom stereocenters. The van der Waals surface area contributed by atoms with Crippen LogP contribution < -0.4 is 5.73 Å². The first-order chi connectivity index (χ1) is 7.47. The number of carboxylic acids is 1. The number of hydrogen-bond acceptors (Lipinski definition) is 6. The normalized spacial score (nSPS) is 11.7. The minimum Gasteiger partial charge on any atom is -0.481 e. The highest BCUT2D eigenvalue weighted by Gasteiger charge is 2.28. The molecular formula is C8H15N5O2S. The molecule has 0 saturated heterocycles. The van der Waals surface area contributed by atoms with E-state index in [2.05, 4.69) is 15.5 Å². The van der Waals surface area contributed by atoms with E-state index in [1.807, 2.05) is 0 Å². The van der Waals surface area contributed by atoms with Gasteiger partial charge in [0.2, 0.25) is 5.16 Å². The third-order valence-electron chi connectivity index (χ3n) is 1.98. The molecule has 0 spiro atoms. The molecule has 0 aliphatic rings. The van der Waals surface area contributed by atoms with E-state index in [4.69, 9.17) is 10.8 Å². The van der Waals surface area contributed by atoms with Crippen molar-refractivity contribution >= 4 is 17.7 Å². The second kappa shape index (κ2) is 5.26. The Bertz CT molecular complexity index is 365. The molecule has 16 heavy (non-hydrogen) atoms. The van der Waals surface area contributed by atoms with Gasteiger partial charge in [0, 0.05) is 12.3 Å². The standard InChI is InChI=1S/C8H15N5O2S/c1-8(2,6(14)15)5-16-7-10-11-12-13(7)4-3-9/h3-5,9H2,1-2H3,(H,14,15). The van der Waals surface area contributed by atoms with E-state index in [0.717, 1.165) is 0 Å². The summed E-state index contributed by atoms with van der Waals surface area (Å²) in [6.45, 7) is 4.31. The van der Waals surface area contributed by atoms with Crippen LogP contribution >= 0.6 is 11.8 Å². The molecule has 0 aromatic carbocycles. The molecule has 1 heterocycles. The number of rotatable bonds is 6. The molecule has 1 aromatic heterocycles. The van der Waals surface area contributed by atoms with Crippen LogP contribution in [0.1, 0.15) is 13.8 Å². The lowest BCUT2D eigenvalue weighted by Gasteiger charge is -2.17. The van der Waals surface area contributed by atoms with Gasteiger partial charge in [0.25, 0.3) is 0 Å². The largest absolute Gasteiger partial charge is 0.481 e. The number of aromatic nitrogens is 4. The van der Waals surface area contributed by atoms with Crippen LogP contribution in [-0.4, -0.2) is 43.6 Å². The van der Waals surface area contributed by atoms with Gasteiger partial charge in [-0.3, -0.25) is 4.79 Å². The van der Waals surface area contributed by atoms with Gasteiger partial charge >= 0.3 is 5.97 Å². The summed E-state index contributed by atoms with van der Waals surface area (Å²) in [6, 6.07) is 0. The highest BCUT2D eigenvalue weighted by atomic mass is 32.2. The van der Waals surface area contributed by atoms with E-state index in [-0.39, 0.29) is 0 Å². The molecule has 0 saturated carbocycles. The summed E-state index contributed by atoms with van der Waals surface area (Å²) >= 11 is 1.32. The fourth-order valence-corrected chi connectivity index (χ4v) is 1.85. The molecule has 0 aliphatic carbocycles. The second-order valence-electron chi connectivity index (χ2n) is 3.95. The van der Waals surface area contributed by atoms with Crippen LogP contribution in [0.15, 0.2) is 5.16 Å². The minimum atomic E-state index is -0.835. The van der Waals surface area contributed by atoms with E-state index in [9.17, 15) is 4.79 Å². The molecule has 7 nitrogen and oxygen atoms in total. The van der Waals surface area contributed by atoms with Gasteiger partial charge in [0.15, 0.2) is 0 Å². The maximum absolute atomic E-state index is 10.9. The Morgan fingerprint density at radius 1 is 1.62 bits per heavy atom. The number of tetrazole rings is 1. The van der Waals surface area contributed by atoms with Crippen molar-refractivity contribution in [3.63, 3.8) is 0 Å². The van der Waals surface area contributed by atoms with Crippen LogP contribution in [0.3, 0.4) is 0 Å². The smallest absolute Gasteiger partial charge is 0.309 e. The zero-order valence-corrected chi connectivity index (χ0v) is 10.1. The molecule has 8 heteroatoms. The fraction of sp³-hybridized carbons (Fsp3) is 0.750. The summed E-state index contributed by atoms with van der Waals surface area (Å²) < 4.78 is 1.57. The molecular weight excluding hydrogens is 230 g/mol. The number of aliphatic carboxylic acids is 1. The summed E-state index contributed by atoms with van der Waals surface area (Å²) in [5.74, 6) is -0.425. The summed E-state index contributed by atoms with van der Waals surface area (Å²) in [7, 11) is 0. The van der Waals surface area contributed by atoms with Crippen molar-refractivity contribution in [1.82, 2.24) is 20.2 Å². The van der Waals surface area contributed by atoms with Gasteiger partial charge in [0.1, 0.15) is 0 Å². The fourth-order valence-electron chi connectivity index (χ4n) is 0.869. The Morgan fingerprint density at radius 2 is 2.31 bits per heavy atom. The van der Waals surface area contributed by atoms with Gasteiger partial charge in [-0.1, -0.05) is 11.8 Å². The van der Waals surface area contributed by atoms with E-state index in [1.54, 1.807) is 18.5 Å². The first kappa shape index (κ1) is 12.9. The van der Waals surface area contributed by atoms with Crippen LogP contribution in [0.2, 0.25) is 0 Å². The Kier molecular flexibility index (Phi) is 4.25. The Labute approximate surface area is 97.4 Å². The van der Waals surface area contributed by atoms with Crippen LogP contribution in [0.4, 0.5) is 0 Å². The van der Waals surface area contributed by atoms with Crippen molar-refractivity contribution in [2.75, 3.05) is 12.3 Å². The zero-order valence-electron chi connectivity index (χ0n) is 9.25. The second-order valence-corrected chi connectivity index (χ2v) is 4.89. The molecule has 0 radical (unpaired) electrons. The predicted molar refractivity (Wildman–Crippen MR) is 59.0 cm³/mol. The molecule has 0 fully saturated rings. The van der Waals surface area contributed by atoms with Gasteiger partial charge in [-0.25, -0.2) is 4.68 Å². The Morgan fingerprint density at radius 3 is 2.88 bits per heavy atom. The number of hydrogen-bond donors (Lipinski definition) is 2. The number of nitrogens with two attached hydrogens (primary N) is 1. The maximum atomic E-state index is 10.9. The maximum Gasteiger partial charge on any atom is 0.309 e. The molecule has 0 amide bonds. The van der Waals surface area contributed by atoms with Gasteiger partial charge in [-0.05, 0) is 24.3 Å². The van der Waals surface area contributed by atoms with E-state index in [0.29, 0.717) is 24.0 Å². The monoisotopic (exact) mass is 245 g/mol. The number of nitrogens with zero attached hydrogens (tertiary/aromatic N) is 4. The third-order valence-corrected chi connectivity index (χ3v) is 3.40. The van der Waals surface area contributed by atoms with Crippen LogP contribution in [0.25, 0.3) is 0 Å². The quantitative estimate of drug-likeness (QED) is 0.670. The van der Waals surface area contributed by atoms with Crippen LogP contribution in [-0.2, 0) is 11.3 Å². The molecule has 3 N–H and O–H groups in total. The average Bonchev–Trinajstić information content (AvgIpc) is 2.63. The SMILES string of the molecule is CC(C)(CSc1nnnn1CCN)C(=O)O. The van der Waals surface area contributed by atoms with Gasteiger partial charge in [0.05, 0.1) is 12.0 Å². The molecule has 1 rings (SSSR count). The third kappa shape index (κ3) is 3.17. The van der Waals surface area contributed by atoms with Crippen molar-refractivity contribution in [3.05, 3.63) is 0 Å². The molecule has 0 unspecified atom stereocenters. The van der Waals surface area contributed by atoms with Gasteiger partial charge < -0.3 is 10.8 Å². The average molecular weight is 245 g/mol. The van der Waals surface area contributed by atoms with Crippen molar-refractivity contribution in [1.29, 1.82) is 0 Å². The minimum absolute atomic E-state index is 0.410. The summed E-state index contributed by atoms with van der Waals surface area (Å²) in [5.41, 5.74) is 4.60. The van der Waals surface area contributed by atoms with Crippen molar-refractivity contribution in [3.8, 4) is 0 Å². The molecule has 0 aliphatic heterocycles. The number of thioether (sulfide) groups is 1. The van der Waals surface area contributed by atoms with E-state index < -0.39 is 11.4 Å². The van der Waals surface area contributed by atoms with E-state index in [1.165, 1.54) is 11.8 Å². The van der Waals surface area contributed by atoms with E-state index >= 15 is 0 Å². The highest BCUT2D eigenvalue weighted by Crippen LogP contribution is 2.25. The lowest BCUT2D eigenvalue weighted by molar-refractivity contribution is -0.145. The Hall–Kier alpha value is -1.15. The van der Waals surface area contributed by atoms with Crippen molar-refractivity contribution in [2.45, 2.75) is 25.5 Å². The number of carbonyl (C=O) groups is 1. The van der Waals surface area contributed by atoms with Crippen LogP contribution in [0, 0.1) is 5.41 Å². The number of carboxylic acid groups (broad SMARTS) is 1. The van der Waals surface area contributed by atoms with Crippen LogP contribution in [0.5, 0.6) is 0 Å². The molecule has 0 bridgehead atoms. The lowest BCUT2D eigenvalue weighted by atomic mass is 9.97. The molecule has 90 valence electrons. The van der Waals surface area contributed by atoms with Crippen molar-refractivity contribution < 1.29 is 9.90 Å². The van der Waals surface area contributed by atoms with Gasteiger partial charge in [-0.15, -0.1) is 5.10 Å². The highest BCUT2D eigenvalue weighted by molar-refractivity contribution is 7.99. The van der Waals surface area contributed by atoms with Crippen molar-refractivity contribution in [2.24, 2.45) is 11.1 Å². The predicted octanol–water partition coefficient (Wildman–Crippen LogP) is -0.165. The lowest BCUT2D eigenvalue weighted by Crippen LogP contribution is -2.26. The zero-order chi connectivity index (χ0) is 12.2. The summed E-state index contributed by atoms with van der Waals surface area (Å²) in [4.78, 5) is 10.9. The van der Waals surface area contributed by atoms with Gasteiger partial charge in [-0.2, -0.15) is 0 Å². The summed E-state index contributed by atoms with van der Waals surface area (Å²) in [6.07, 6.45) is 0. The topological polar surface area (TPSA) is 107 Å². The summed E-state index contributed by atoms with van der Waals surface area (Å²) in [5, 5.41) is 20.6.